The smallest absolute Gasteiger partial charge is 0.305 e. The average molecular weight is 577 g/mol. The second-order valence-corrected chi connectivity index (χ2v) is 11.7. The zero-order valence-corrected chi connectivity index (χ0v) is 25.6. The van der Waals surface area contributed by atoms with Gasteiger partial charge in [-0.15, -0.1) is 6.58 Å². The van der Waals surface area contributed by atoms with E-state index in [1.54, 1.807) is 6.07 Å². The lowest BCUT2D eigenvalue weighted by molar-refractivity contribution is -0.143. The molecule has 0 aromatic heterocycles. The number of hydrogen-bond acceptors (Lipinski definition) is 7. The molecule has 0 spiro atoms. The summed E-state index contributed by atoms with van der Waals surface area (Å²) in [6.45, 7) is 17.3. The maximum atomic E-state index is 13.7. The molecular formula is C34H48N4O4. The predicted molar refractivity (Wildman–Crippen MR) is 167 cm³/mol. The molecule has 2 fully saturated rings. The van der Waals surface area contributed by atoms with Gasteiger partial charge >= 0.3 is 5.97 Å². The van der Waals surface area contributed by atoms with Crippen molar-refractivity contribution in [1.29, 1.82) is 0 Å². The Morgan fingerprint density at radius 2 is 1.71 bits per heavy atom. The second kappa shape index (κ2) is 15.3. The quantitative estimate of drug-likeness (QED) is 0.226. The summed E-state index contributed by atoms with van der Waals surface area (Å²) in [6.07, 6.45) is 4.21. The van der Waals surface area contributed by atoms with Gasteiger partial charge in [0, 0.05) is 69.9 Å². The average Bonchev–Trinajstić information content (AvgIpc) is 2.98. The Morgan fingerprint density at radius 1 is 1.00 bits per heavy atom. The third-order valence-corrected chi connectivity index (χ3v) is 8.56. The van der Waals surface area contributed by atoms with Crippen molar-refractivity contribution >= 4 is 11.9 Å². The summed E-state index contributed by atoms with van der Waals surface area (Å²) < 4.78 is 5.01. The minimum atomic E-state index is -0.125. The zero-order chi connectivity index (χ0) is 30.1. The number of hydrogen-bond donors (Lipinski definition) is 1. The predicted octanol–water partition coefficient (Wildman–Crippen LogP) is 4.55. The van der Waals surface area contributed by atoms with Crippen molar-refractivity contribution in [2.45, 2.75) is 58.2 Å². The lowest BCUT2D eigenvalue weighted by Crippen LogP contribution is -2.57. The number of aromatic hydroxyl groups is 1. The third kappa shape index (κ3) is 8.21. The molecule has 2 saturated heterocycles. The van der Waals surface area contributed by atoms with Crippen LogP contribution in [0.3, 0.4) is 0 Å². The van der Waals surface area contributed by atoms with E-state index in [9.17, 15) is 14.7 Å². The number of rotatable bonds is 12. The largest absolute Gasteiger partial charge is 0.508 e. The first-order chi connectivity index (χ1) is 20.3. The van der Waals surface area contributed by atoms with Gasteiger partial charge in [0.25, 0.3) is 5.91 Å². The van der Waals surface area contributed by atoms with Crippen molar-refractivity contribution in [3.63, 3.8) is 0 Å². The van der Waals surface area contributed by atoms with Crippen LogP contribution in [0.1, 0.15) is 67.6 Å². The molecule has 2 aromatic rings. The standard InChI is InChI=1S/C34H48N4O4/c1-5-16-37-24-27(4)38(25-26(37)3)33(29-12-10-14-31(39)23-29)28-11-9-13-30(22-28)34(41)36-20-18-35(19-21-36)17-8-7-15-32(40)42-6-2/h5,9-14,22-23,26-27,33,39H,1,6-8,15-21,24-25H2,2-4H3/t26-,27+,33-/m1/s1. The minimum absolute atomic E-state index is 0.0608. The Hall–Kier alpha value is -3.20. The number of nitrogens with zero attached hydrogens (tertiary/aromatic N) is 4. The van der Waals surface area contributed by atoms with Crippen LogP contribution < -0.4 is 0 Å². The van der Waals surface area contributed by atoms with E-state index in [2.05, 4.69) is 47.3 Å². The number of carbonyl (C=O) groups is 2. The summed E-state index contributed by atoms with van der Waals surface area (Å²) >= 11 is 0. The van der Waals surface area contributed by atoms with E-state index in [4.69, 9.17) is 4.74 Å². The Bertz CT molecular complexity index is 1200. The Kier molecular flexibility index (Phi) is 11.6. The molecule has 4 rings (SSSR count). The van der Waals surface area contributed by atoms with Crippen molar-refractivity contribution in [1.82, 2.24) is 19.6 Å². The molecule has 0 radical (unpaired) electrons. The van der Waals surface area contributed by atoms with E-state index < -0.39 is 0 Å². The number of phenolic OH excluding ortho intramolecular Hbond substituents is 1. The van der Waals surface area contributed by atoms with E-state index in [0.29, 0.717) is 37.7 Å². The molecule has 1 N–H and O–H groups in total. The van der Waals surface area contributed by atoms with Gasteiger partial charge in [0.05, 0.1) is 12.6 Å². The van der Waals surface area contributed by atoms with Gasteiger partial charge in [0.2, 0.25) is 0 Å². The van der Waals surface area contributed by atoms with E-state index in [0.717, 1.165) is 63.2 Å². The Morgan fingerprint density at radius 3 is 2.40 bits per heavy atom. The molecule has 0 aliphatic carbocycles. The van der Waals surface area contributed by atoms with Gasteiger partial charge in [-0.1, -0.05) is 30.3 Å². The Labute approximate surface area is 251 Å². The van der Waals surface area contributed by atoms with E-state index in [1.807, 2.05) is 48.2 Å². The van der Waals surface area contributed by atoms with E-state index in [1.165, 1.54) is 0 Å². The molecule has 1 amide bonds. The first-order valence-corrected chi connectivity index (χ1v) is 15.5. The highest BCUT2D eigenvalue weighted by Gasteiger charge is 2.35. The number of phenols is 1. The molecule has 228 valence electrons. The van der Waals surface area contributed by atoms with Crippen molar-refractivity contribution in [2.75, 3.05) is 59.0 Å². The first kappa shape index (κ1) is 31.7. The number of benzene rings is 2. The van der Waals surface area contributed by atoms with Gasteiger partial charge in [-0.05, 0) is 75.5 Å². The molecule has 8 nitrogen and oxygen atoms in total. The van der Waals surface area contributed by atoms with Crippen LogP contribution in [0.4, 0.5) is 0 Å². The lowest BCUT2D eigenvalue weighted by Gasteiger charge is -2.47. The summed E-state index contributed by atoms with van der Waals surface area (Å²) in [5, 5.41) is 10.4. The fourth-order valence-corrected chi connectivity index (χ4v) is 6.31. The van der Waals surface area contributed by atoms with E-state index >= 15 is 0 Å². The highest BCUT2D eigenvalue weighted by Crippen LogP contribution is 2.35. The maximum Gasteiger partial charge on any atom is 0.305 e. The van der Waals surface area contributed by atoms with Gasteiger partial charge < -0.3 is 14.7 Å². The Balaban J connectivity index is 1.44. The zero-order valence-electron chi connectivity index (χ0n) is 25.6. The summed E-state index contributed by atoms with van der Waals surface area (Å²) in [5.41, 5.74) is 2.78. The molecule has 0 unspecified atom stereocenters. The molecule has 2 aliphatic rings. The van der Waals surface area contributed by atoms with Crippen LogP contribution in [0.25, 0.3) is 0 Å². The molecular weight excluding hydrogens is 528 g/mol. The normalized spacial score (nSPS) is 21.2. The molecule has 0 bridgehead atoms. The molecule has 2 heterocycles. The van der Waals surface area contributed by atoms with Gasteiger partial charge in [-0.3, -0.25) is 24.3 Å². The van der Waals surface area contributed by atoms with Gasteiger partial charge in [0.1, 0.15) is 5.75 Å². The van der Waals surface area contributed by atoms with Crippen LogP contribution in [-0.4, -0.2) is 108 Å². The monoisotopic (exact) mass is 576 g/mol. The molecule has 3 atom stereocenters. The maximum absolute atomic E-state index is 13.7. The highest BCUT2D eigenvalue weighted by atomic mass is 16.5. The molecule has 8 heteroatoms. The number of piperazine rings is 2. The number of ether oxygens (including phenoxy) is 1. The fourth-order valence-electron chi connectivity index (χ4n) is 6.31. The van der Waals surface area contributed by atoms with Gasteiger partial charge in [-0.25, -0.2) is 0 Å². The number of esters is 1. The number of carbonyl (C=O) groups excluding carboxylic acids is 2. The van der Waals surface area contributed by atoms with Crippen molar-refractivity contribution < 1.29 is 19.4 Å². The topological polar surface area (TPSA) is 76.6 Å². The summed E-state index contributed by atoms with van der Waals surface area (Å²) in [6, 6.07) is 16.1. The molecule has 2 aromatic carbocycles. The minimum Gasteiger partial charge on any atom is -0.508 e. The fraction of sp³-hybridized carbons (Fsp3) is 0.529. The highest BCUT2D eigenvalue weighted by molar-refractivity contribution is 5.94. The van der Waals surface area contributed by atoms with Crippen LogP contribution in [0.5, 0.6) is 5.75 Å². The van der Waals surface area contributed by atoms with Crippen molar-refractivity contribution in [3.05, 3.63) is 77.9 Å². The third-order valence-electron chi connectivity index (χ3n) is 8.56. The number of unbranched alkanes of at least 4 members (excludes halogenated alkanes) is 1. The van der Waals surface area contributed by atoms with Gasteiger partial charge in [-0.2, -0.15) is 0 Å². The van der Waals surface area contributed by atoms with Gasteiger partial charge in [0.15, 0.2) is 0 Å². The van der Waals surface area contributed by atoms with Crippen molar-refractivity contribution in [3.8, 4) is 5.75 Å². The number of amides is 1. The second-order valence-electron chi connectivity index (χ2n) is 11.7. The van der Waals surface area contributed by atoms with Crippen LogP contribution in [0.15, 0.2) is 61.2 Å². The van der Waals surface area contributed by atoms with E-state index in [-0.39, 0.29) is 29.7 Å². The summed E-state index contributed by atoms with van der Waals surface area (Å²) in [4.78, 5) is 34.5. The molecule has 2 aliphatic heterocycles. The van der Waals surface area contributed by atoms with Crippen LogP contribution >= 0.6 is 0 Å². The SMILES string of the molecule is C=CCN1C[C@H](C)N([C@@H](c2cccc(O)c2)c2cccc(C(=O)N3CCN(CCCCC(=O)OCC)CC3)c2)C[C@H]1C. The molecule has 0 saturated carbocycles. The van der Waals surface area contributed by atoms with Crippen molar-refractivity contribution in [2.24, 2.45) is 0 Å². The van der Waals surface area contributed by atoms with Crippen LogP contribution in [0.2, 0.25) is 0 Å². The van der Waals surface area contributed by atoms with Crippen LogP contribution in [-0.2, 0) is 9.53 Å². The summed E-state index contributed by atoms with van der Waals surface area (Å²) in [7, 11) is 0. The summed E-state index contributed by atoms with van der Waals surface area (Å²) in [5.74, 6) is 0.181. The van der Waals surface area contributed by atoms with Crippen LogP contribution in [0, 0.1) is 0 Å². The lowest BCUT2D eigenvalue weighted by atomic mass is 9.92. The molecule has 42 heavy (non-hydrogen) atoms. The first-order valence-electron chi connectivity index (χ1n) is 15.5.